The zero-order valence-corrected chi connectivity index (χ0v) is 9.33. The van der Waals surface area contributed by atoms with Crippen molar-refractivity contribution >= 4 is 0 Å². The molecule has 0 aromatic rings. The minimum atomic E-state index is 0.425. The zero-order chi connectivity index (χ0) is 9.97. The highest BCUT2D eigenvalue weighted by Gasteiger charge is 2.33. The van der Waals surface area contributed by atoms with Crippen LogP contribution in [0.2, 0.25) is 0 Å². The van der Waals surface area contributed by atoms with Crippen LogP contribution in [0.15, 0.2) is 0 Å². The summed E-state index contributed by atoms with van der Waals surface area (Å²) in [6.07, 6.45) is 4.74. The third kappa shape index (κ3) is 2.10. The van der Waals surface area contributed by atoms with Crippen molar-refractivity contribution in [1.82, 2.24) is 10.2 Å². The summed E-state index contributed by atoms with van der Waals surface area (Å²) >= 11 is 0. The Kier molecular flexibility index (Phi) is 3.42. The molecule has 0 aromatic heterocycles. The van der Waals surface area contributed by atoms with E-state index >= 15 is 0 Å². The van der Waals surface area contributed by atoms with Crippen LogP contribution < -0.4 is 5.32 Å². The van der Waals surface area contributed by atoms with Gasteiger partial charge >= 0.3 is 0 Å². The molecule has 0 aliphatic carbocycles. The van der Waals surface area contributed by atoms with Crippen molar-refractivity contribution in [2.24, 2.45) is 0 Å². The van der Waals surface area contributed by atoms with Crippen molar-refractivity contribution in [2.75, 3.05) is 19.7 Å². The molecule has 3 heteroatoms. The Morgan fingerprint density at radius 2 is 2.21 bits per heavy atom. The second kappa shape index (κ2) is 4.60. The van der Waals surface area contributed by atoms with Crippen LogP contribution in [0.25, 0.3) is 0 Å². The lowest BCUT2D eigenvalue weighted by atomic mass is 10.1. The fraction of sp³-hybridized carbons (Fsp3) is 1.00. The average molecular weight is 198 g/mol. The zero-order valence-electron chi connectivity index (χ0n) is 9.33. The highest BCUT2D eigenvalue weighted by Crippen LogP contribution is 2.22. The molecule has 1 N–H and O–H groups in total. The van der Waals surface area contributed by atoms with Gasteiger partial charge in [0.2, 0.25) is 0 Å². The molecular formula is C11H22N2O. The van der Waals surface area contributed by atoms with Crippen molar-refractivity contribution in [3.8, 4) is 0 Å². The first kappa shape index (κ1) is 10.4. The molecule has 14 heavy (non-hydrogen) atoms. The first-order valence-electron chi connectivity index (χ1n) is 5.90. The number of likely N-dealkylation sites (tertiary alicyclic amines) is 1. The van der Waals surface area contributed by atoms with Crippen molar-refractivity contribution < 1.29 is 4.74 Å². The van der Waals surface area contributed by atoms with E-state index < -0.39 is 0 Å². The first-order chi connectivity index (χ1) is 6.79. The molecule has 2 atom stereocenters. The van der Waals surface area contributed by atoms with Gasteiger partial charge in [-0.3, -0.25) is 10.2 Å². The third-order valence-electron chi connectivity index (χ3n) is 3.32. The molecule has 0 aromatic carbocycles. The topological polar surface area (TPSA) is 24.5 Å². The molecule has 0 saturated carbocycles. The molecule has 2 rings (SSSR count). The van der Waals surface area contributed by atoms with Gasteiger partial charge in [-0.05, 0) is 39.7 Å². The van der Waals surface area contributed by atoms with Crippen molar-refractivity contribution in [1.29, 1.82) is 0 Å². The van der Waals surface area contributed by atoms with Crippen LogP contribution in [-0.2, 0) is 4.74 Å². The molecule has 3 nitrogen and oxygen atoms in total. The SMILES string of the molecule is CC(C)N1CCCCC2OCCNC21. The lowest BCUT2D eigenvalue weighted by Crippen LogP contribution is -2.58. The quantitative estimate of drug-likeness (QED) is 0.685. The molecule has 2 aliphatic heterocycles. The Balaban J connectivity index is 2.06. The molecule has 2 heterocycles. The van der Waals surface area contributed by atoms with Crippen LogP contribution in [0.3, 0.4) is 0 Å². The maximum atomic E-state index is 5.84. The van der Waals surface area contributed by atoms with Gasteiger partial charge in [0, 0.05) is 12.6 Å². The Bertz CT molecular complexity index is 184. The van der Waals surface area contributed by atoms with Gasteiger partial charge in [0.15, 0.2) is 0 Å². The Morgan fingerprint density at radius 1 is 1.36 bits per heavy atom. The van der Waals surface area contributed by atoms with E-state index in [4.69, 9.17) is 4.74 Å². The summed E-state index contributed by atoms with van der Waals surface area (Å²) in [6.45, 7) is 7.66. The Labute approximate surface area is 86.8 Å². The van der Waals surface area contributed by atoms with E-state index in [1.807, 2.05) is 0 Å². The van der Waals surface area contributed by atoms with Gasteiger partial charge in [0.1, 0.15) is 0 Å². The van der Waals surface area contributed by atoms with Crippen LogP contribution in [-0.4, -0.2) is 42.9 Å². The number of ether oxygens (including phenoxy) is 1. The largest absolute Gasteiger partial charge is 0.374 e. The maximum absolute atomic E-state index is 5.84. The van der Waals surface area contributed by atoms with E-state index in [2.05, 4.69) is 24.1 Å². The normalized spacial score (nSPS) is 35.4. The number of nitrogens with one attached hydrogen (secondary N) is 1. The predicted molar refractivity (Wildman–Crippen MR) is 57.2 cm³/mol. The number of rotatable bonds is 1. The molecule has 2 fully saturated rings. The highest BCUT2D eigenvalue weighted by molar-refractivity contribution is 4.85. The summed E-state index contributed by atoms with van der Waals surface area (Å²) in [7, 11) is 0. The van der Waals surface area contributed by atoms with E-state index in [-0.39, 0.29) is 0 Å². The van der Waals surface area contributed by atoms with Gasteiger partial charge in [-0.2, -0.15) is 0 Å². The van der Waals surface area contributed by atoms with Gasteiger partial charge in [-0.1, -0.05) is 0 Å². The van der Waals surface area contributed by atoms with Crippen LogP contribution >= 0.6 is 0 Å². The van der Waals surface area contributed by atoms with Gasteiger partial charge in [0.25, 0.3) is 0 Å². The Hall–Kier alpha value is -0.120. The molecule has 2 aliphatic rings. The number of morpholine rings is 1. The van der Waals surface area contributed by atoms with Crippen LogP contribution in [0, 0.1) is 0 Å². The second-order valence-electron chi connectivity index (χ2n) is 4.64. The van der Waals surface area contributed by atoms with Gasteiger partial charge in [-0.15, -0.1) is 0 Å². The fourth-order valence-electron chi connectivity index (χ4n) is 2.57. The van der Waals surface area contributed by atoms with Crippen molar-refractivity contribution in [3.63, 3.8) is 0 Å². The molecule has 2 saturated heterocycles. The van der Waals surface area contributed by atoms with E-state index in [9.17, 15) is 0 Å². The minimum absolute atomic E-state index is 0.425. The van der Waals surface area contributed by atoms with Crippen LogP contribution in [0.4, 0.5) is 0 Å². The molecular weight excluding hydrogens is 176 g/mol. The summed E-state index contributed by atoms with van der Waals surface area (Å²) in [4.78, 5) is 2.55. The van der Waals surface area contributed by atoms with Crippen molar-refractivity contribution in [2.45, 2.75) is 51.4 Å². The lowest BCUT2D eigenvalue weighted by molar-refractivity contribution is -0.0614. The average Bonchev–Trinajstić information content (AvgIpc) is 2.39. The predicted octanol–water partition coefficient (Wildman–Crippen LogP) is 1.20. The minimum Gasteiger partial charge on any atom is -0.374 e. The molecule has 0 amide bonds. The monoisotopic (exact) mass is 198 g/mol. The number of hydrogen-bond donors (Lipinski definition) is 1. The van der Waals surface area contributed by atoms with Crippen molar-refractivity contribution in [3.05, 3.63) is 0 Å². The first-order valence-corrected chi connectivity index (χ1v) is 5.90. The summed E-state index contributed by atoms with van der Waals surface area (Å²) in [5, 5.41) is 3.59. The number of hydrogen-bond acceptors (Lipinski definition) is 3. The summed E-state index contributed by atoms with van der Waals surface area (Å²) in [5.74, 6) is 0. The summed E-state index contributed by atoms with van der Waals surface area (Å²) in [5.41, 5.74) is 0. The van der Waals surface area contributed by atoms with Gasteiger partial charge in [-0.25, -0.2) is 0 Å². The van der Waals surface area contributed by atoms with Crippen LogP contribution in [0.5, 0.6) is 0 Å². The molecule has 0 radical (unpaired) electrons. The van der Waals surface area contributed by atoms with E-state index in [1.165, 1.54) is 25.8 Å². The third-order valence-corrected chi connectivity index (χ3v) is 3.32. The maximum Gasteiger partial charge on any atom is 0.0870 e. The number of nitrogens with zero attached hydrogens (tertiary/aromatic N) is 1. The van der Waals surface area contributed by atoms with Gasteiger partial charge in [0.05, 0.1) is 18.9 Å². The molecule has 82 valence electrons. The summed E-state index contributed by atoms with van der Waals surface area (Å²) < 4.78 is 5.84. The lowest BCUT2D eigenvalue weighted by Gasteiger charge is -2.40. The summed E-state index contributed by atoms with van der Waals surface area (Å²) in [6, 6.07) is 0.620. The molecule has 2 unspecified atom stereocenters. The molecule has 0 spiro atoms. The van der Waals surface area contributed by atoms with E-state index in [1.54, 1.807) is 0 Å². The van der Waals surface area contributed by atoms with Crippen LogP contribution in [0.1, 0.15) is 33.1 Å². The highest BCUT2D eigenvalue weighted by atomic mass is 16.5. The molecule has 0 bridgehead atoms. The second-order valence-corrected chi connectivity index (χ2v) is 4.64. The van der Waals surface area contributed by atoms with E-state index in [0.717, 1.165) is 13.2 Å². The number of fused-ring (bicyclic) bond motifs is 1. The van der Waals surface area contributed by atoms with Gasteiger partial charge < -0.3 is 4.74 Å². The van der Waals surface area contributed by atoms with E-state index in [0.29, 0.717) is 18.3 Å². The Morgan fingerprint density at radius 3 is 3.00 bits per heavy atom. The standard InChI is InChI=1S/C11H22N2O/c1-9(2)13-7-4-3-5-10-11(13)12-6-8-14-10/h9-12H,3-8H2,1-2H3. The smallest absolute Gasteiger partial charge is 0.0870 e. The fourth-order valence-corrected chi connectivity index (χ4v) is 2.57.